The van der Waals surface area contributed by atoms with E-state index in [1.165, 1.54) is 6.20 Å². The molecule has 0 radical (unpaired) electrons. The molecule has 6 nitrogen and oxygen atoms in total. The summed E-state index contributed by atoms with van der Waals surface area (Å²) in [7, 11) is 0. The standard InChI is InChI=1S/C12H19N3O3/c1-4-18-11(17)10-7-14-12(15-9(10)3)13-6-5-8(2)16/h7-8,16H,4-6H2,1-3H3,(H,13,14,15). The zero-order valence-corrected chi connectivity index (χ0v) is 10.9. The maximum absolute atomic E-state index is 11.5. The first-order chi connectivity index (χ1) is 8.54. The van der Waals surface area contributed by atoms with E-state index >= 15 is 0 Å². The molecule has 1 heterocycles. The summed E-state index contributed by atoms with van der Waals surface area (Å²) in [6.07, 6.45) is 1.70. The van der Waals surface area contributed by atoms with Crippen molar-refractivity contribution >= 4 is 11.9 Å². The van der Waals surface area contributed by atoms with Crippen molar-refractivity contribution < 1.29 is 14.6 Å². The van der Waals surface area contributed by atoms with Gasteiger partial charge in [-0.3, -0.25) is 0 Å². The average molecular weight is 253 g/mol. The van der Waals surface area contributed by atoms with Gasteiger partial charge in [0.2, 0.25) is 5.95 Å². The summed E-state index contributed by atoms with van der Waals surface area (Å²) < 4.78 is 4.89. The first kappa shape index (κ1) is 14.4. The first-order valence-electron chi connectivity index (χ1n) is 5.97. The molecule has 1 rings (SSSR count). The summed E-state index contributed by atoms with van der Waals surface area (Å²) >= 11 is 0. The third-order valence-electron chi connectivity index (χ3n) is 2.32. The number of carbonyl (C=O) groups excluding carboxylic acids is 1. The molecular formula is C12H19N3O3. The molecule has 0 saturated carbocycles. The van der Waals surface area contributed by atoms with E-state index in [0.29, 0.717) is 36.8 Å². The van der Waals surface area contributed by atoms with E-state index in [9.17, 15) is 4.79 Å². The minimum atomic E-state index is -0.412. The Bertz CT molecular complexity index is 408. The number of nitrogens with one attached hydrogen (secondary N) is 1. The van der Waals surface area contributed by atoms with Gasteiger partial charge in [0.05, 0.1) is 24.0 Å². The number of carbonyl (C=O) groups is 1. The topological polar surface area (TPSA) is 84.3 Å². The maximum Gasteiger partial charge on any atom is 0.341 e. The highest BCUT2D eigenvalue weighted by atomic mass is 16.5. The number of hydrogen-bond donors (Lipinski definition) is 2. The van der Waals surface area contributed by atoms with E-state index in [4.69, 9.17) is 9.84 Å². The molecule has 1 aromatic rings. The van der Waals surface area contributed by atoms with Crippen molar-refractivity contribution in [2.24, 2.45) is 0 Å². The van der Waals surface area contributed by atoms with Gasteiger partial charge in [-0.05, 0) is 27.2 Å². The lowest BCUT2D eigenvalue weighted by Gasteiger charge is -2.08. The van der Waals surface area contributed by atoms with Gasteiger partial charge < -0.3 is 15.2 Å². The second kappa shape index (κ2) is 6.90. The molecule has 0 aliphatic carbocycles. The number of rotatable bonds is 6. The smallest absolute Gasteiger partial charge is 0.341 e. The van der Waals surface area contributed by atoms with Gasteiger partial charge in [-0.25, -0.2) is 14.8 Å². The minimum absolute atomic E-state index is 0.326. The number of anilines is 1. The lowest BCUT2D eigenvalue weighted by Crippen LogP contribution is -2.14. The Labute approximate surface area is 106 Å². The quantitative estimate of drug-likeness (QED) is 0.740. The second-order valence-corrected chi connectivity index (χ2v) is 3.98. The summed E-state index contributed by atoms with van der Waals surface area (Å²) in [5.41, 5.74) is 0.945. The van der Waals surface area contributed by atoms with Crippen LogP contribution >= 0.6 is 0 Å². The lowest BCUT2D eigenvalue weighted by atomic mass is 10.2. The molecule has 0 fully saturated rings. The molecule has 1 atom stereocenters. The molecule has 6 heteroatoms. The van der Waals surface area contributed by atoms with Crippen LogP contribution in [0.5, 0.6) is 0 Å². The van der Waals surface area contributed by atoms with Gasteiger partial charge in [0.25, 0.3) is 0 Å². The molecule has 18 heavy (non-hydrogen) atoms. The zero-order valence-electron chi connectivity index (χ0n) is 10.9. The molecule has 0 bridgehead atoms. The predicted molar refractivity (Wildman–Crippen MR) is 67.5 cm³/mol. The fraction of sp³-hybridized carbons (Fsp3) is 0.583. The third kappa shape index (κ3) is 4.29. The fourth-order valence-electron chi connectivity index (χ4n) is 1.35. The van der Waals surface area contributed by atoms with Crippen molar-refractivity contribution in [1.29, 1.82) is 0 Å². The number of ether oxygens (including phenoxy) is 1. The molecule has 0 aliphatic rings. The van der Waals surface area contributed by atoms with E-state index in [-0.39, 0.29) is 6.10 Å². The fourth-order valence-corrected chi connectivity index (χ4v) is 1.35. The van der Waals surface area contributed by atoms with Gasteiger partial charge in [-0.1, -0.05) is 0 Å². The zero-order chi connectivity index (χ0) is 13.5. The van der Waals surface area contributed by atoms with E-state index < -0.39 is 5.97 Å². The van der Waals surface area contributed by atoms with Crippen molar-refractivity contribution in [3.8, 4) is 0 Å². The molecule has 1 aromatic heterocycles. The summed E-state index contributed by atoms with van der Waals surface area (Å²) in [6, 6.07) is 0. The van der Waals surface area contributed by atoms with Crippen LogP contribution in [0.25, 0.3) is 0 Å². The highest BCUT2D eigenvalue weighted by Gasteiger charge is 2.12. The second-order valence-electron chi connectivity index (χ2n) is 3.98. The molecule has 0 aromatic carbocycles. The SMILES string of the molecule is CCOC(=O)c1cnc(NCCC(C)O)nc1C. The van der Waals surface area contributed by atoms with Gasteiger partial charge in [-0.2, -0.15) is 0 Å². The molecular weight excluding hydrogens is 234 g/mol. The number of aromatic nitrogens is 2. The number of esters is 1. The normalized spacial score (nSPS) is 12.0. The predicted octanol–water partition coefficient (Wildman–Crippen LogP) is 1.14. The summed E-state index contributed by atoms with van der Waals surface area (Å²) in [6.45, 7) is 6.11. The van der Waals surface area contributed by atoms with E-state index in [1.807, 2.05) is 0 Å². The molecule has 0 aliphatic heterocycles. The van der Waals surface area contributed by atoms with Gasteiger partial charge in [-0.15, -0.1) is 0 Å². The van der Waals surface area contributed by atoms with Crippen LogP contribution in [-0.4, -0.2) is 40.3 Å². The van der Waals surface area contributed by atoms with Crippen molar-refractivity contribution in [2.75, 3.05) is 18.5 Å². The lowest BCUT2D eigenvalue weighted by molar-refractivity contribution is 0.0524. The average Bonchev–Trinajstić information content (AvgIpc) is 2.28. The van der Waals surface area contributed by atoms with Gasteiger partial charge in [0, 0.05) is 12.7 Å². The Morgan fingerprint density at radius 1 is 1.61 bits per heavy atom. The molecule has 100 valence electrons. The van der Waals surface area contributed by atoms with Crippen LogP contribution in [-0.2, 0) is 4.74 Å². The highest BCUT2D eigenvalue weighted by Crippen LogP contribution is 2.08. The summed E-state index contributed by atoms with van der Waals surface area (Å²) in [5, 5.41) is 12.1. The summed E-state index contributed by atoms with van der Waals surface area (Å²) in [4.78, 5) is 19.7. The maximum atomic E-state index is 11.5. The van der Waals surface area contributed by atoms with Crippen LogP contribution in [0, 0.1) is 6.92 Å². The Hall–Kier alpha value is -1.69. The number of aliphatic hydroxyl groups excluding tert-OH is 1. The van der Waals surface area contributed by atoms with Gasteiger partial charge in [0.1, 0.15) is 0 Å². The Morgan fingerprint density at radius 3 is 2.89 bits per heavy atom. The van der Waals surface area contributed by atoms with Crippen LogP contribution in [0.1, 0.15) is 36.3 Å². The monoisotopic (exact) mass is 253 g/mol. The van der Waals surface area contributed by atoms with Crippen LogP contribution in [0.4, 0.5) is 5.95 Å². The van der Waals surface area contributed by atoms with E-state index in [1.54, 1.807) is 20.8 Å². The van der Waals surface area contributed by atoms with Gasteiger partial charge in [0.15, 0.2) is 0 Å². The van der Waals surface area contributed by atoms with Crippen molar-refractivity contribution in [3.63, 3.8) is 0 Å². The minimum Gasteiger partial charge on any atom is -0.462 e. The third-order valence-corrected chi connectivity index (χ3v) is 2.32. The van der Waals surface area contributed by atoms with Crippen LogP contribution in [0.3, 0.4) is 0 Å². The number of nitrogens with zero attached hydrogens (tertiary/aromatic N) is 2. The van der Waals surface area contributed by atoms with E-state index in [0.717, 1.165) is 0 Å². The molecule has 1 unspecified atom stereocenters. The van der Waals surface area contributed by atoms with Gasteiger partial charge >= 0.3 is 5.97 Å². The first-order valence-corrected chi connectivity index (χ1v) is 5.97. The van der Waals surface area contributed by atoms with Crippen LogP contribution in [0.15, 0.2) is 6.20 Å². The molecule has 0 saturated heterocycles. The number of aliphatic hydroxyl groups is 1. The number of aryl methyl sites for hydroxylation is 1. The Morgan fingerprint density at radius 2 is 2.33 bits per heavy atom. The molecule has 2 N–H and O–H groups in total. The van der Waals surface area contributed by atoms with E-state index in [2.05, 4.69) is 15.3 Å². The Kier molecular flexibility index (Phi) is 5.51. The summed E-state index contributed by atoms with van der Waals surface area (Å²) in [5.74, 6) is 0.0340. The molecule has 0 spiro atoms. The van der Waals surface area contributed by atoms with Crippen molar-refractivity contribution in [3.05, 3.63) is 17.5 Å². The highest BCUT2D eigenvalue weighted by molar-refractivity contribution is 5.90. The van der Waals surface area contributed by atoms with Crippen molar-refractivity contribution in [1.82, 2.24) is 9.97 Å². The Balaban J connectivity index is 2.64. The molecule has 0 amide bonds. The number of hydrogen-bond acceptors (Lipinski definition) is 6. The van der Waals surface area contributed by atoms with Crippen LogP contribution < -0.4 is 5.32 Å². The van der Waals surface area contributed by atoms with Crippen LogP contribution in [0.2, 0.25) is 0 Å². The largest absolute Gasteiger partial charge is 0.462 e. The van der Waals surface area contributed by atoms with Crippen molar-refractivity contribution in [2.45, 2.75) is 33.3 Å².